The van der Waals surface area contributed by atoms with Gasteiger partial charge in [-0.25, -0.2) is 0 Å². The van der Waals surface area contributed by atoms with E-state index in [-0.39, 0.29) is 5.41 Å². The Balaban J connectivity index is 1.54. The molecule has 1 unspecified atom stereocenters. The van der Waals surface area contributed by atoms with Crippen LogP contribution in [0.15, 0.2) is 127 Å². The molecular weight excluding hydrogens is 518 g/mol. The molecule has 0 saturated heterocycles. The van der Waals surface area contributed by atoms with E-state index in [0.29, 0.717) is 0 Å². The van der Waals surface area contributed by atoms with E-state index in [9.17, 15) is 0 Å². The Labute approximate surface area is 253 Å². The summed E-state index contributed by atoms with van der Waals surface area (Å²) in [5, 5.41) is 2.62. The van der Waals surface area contributed by atoms with Crippen LogP contribution in [0.1, 0.15) is 58.4 Å². The average molecular weight is 552 g/mol. The van der Waals surface area contributed by atoms with Crippen LogP contribution in [0.3, 0.4) is 0 Å². The molecular formula is C42H33N. The first-order valence-electron chi connectivity index (χ1n) is 15.4. The molecule has 0 N–H and O–H groups in total. The smallest absolute Gasteiger partial charge is 0.0748 e. The highest BCUT2D eigenvalue weighted by Gasteiger charge is 2.53. The maximum atomic E-state index is 2.52. The SMILES string of the molecule is Cc1cc(C)cc(-c2cccc3c2C(C)(C)c2ccccc2C32c3ccccc3-n3c4ccccc4c4cccc2c43)c1. The van der Waals surface area contributed by atoms with Crippen LogP contribution in [0.4, 0.5) is 0 Å². The lowest BCUT2D eigenvalue weighted by Crippen LogP contribution is -2.44. The molecule has 0 saturated carbocycles. The van der Waals surface area contributed by atoms with Crippen LogP contribution in [-0.4, -0.2) is 4.57 Å². The Bertz CT molecular complexity index is 2270. The predicted molar refractivity (Wildman–Crippen MR) is 180 cm³/mol. The van der Waals surface area contributed by atoms with E-state index in [4.69, 9.17) is 0 Å². The molecule has 1 aliphatic heterocycles. The summed E-state index contributed by atoms with van der Waals surface area (Å²) in [6.45, 7) is 9.28. The van der Waals surface area contributed by atoms with Crippen LogP contribution >= 0.6 is 0 Å². The van der Waals surface area contributed by atoms with Gasteiger partial charge in [0.1, 0.15) is 0 Å². The van der Waals surface area contributed by atoms with Gasteiger partial charge in [-0.3, -0.25) is 0 Å². The number of hydrogen-bond donors (Lipinski definition) is 0. The van der Waals surface area contributed by atoms with E-state index >= 15 is 0 Å². The topological polar surface area (TPSA) is 4.93 Å². The van der Waals surface area contributed by atoms with Crippen molar-refractivity contribution in [1.82, 2.24) is 4.57 Å². The second-order valence-corrected chi connectivity index (χ2v) is 13.1. The summed E-state index contributed by atoms with van der Waals surface area (Å²) < 4.78 is 2.52. The molecule has 1 heteroatoms. The number of rotatable bonds is 1. The fraction of sp³-hybridized carbons (Fsp3) is 0.143. The second kappa shape index (κ2) is 8.36. The Kier molecular flexibility index (Phi) is 4.80. The van der Waals surface area contributed by atoms with Crippen molar-refractivity contribution in [2.45, 2.75) is 38.5 Å². The number of benzene rings is 6. The summed E-state index contributed by atoms with van der Waals surface area (Å²) in [6.07, 6.45) is 0. The van der Waals surface area contributed by atoms with Gasteiger partial charge in [0.05, 0.1) is 22.1 Å². The molecule has 6 aromatic carbocycles. The number of para-hydroxylation sites is 3. The van der Waals surface area contributed by atoms with Gasteiger partial charge in [-0.15, -0.1) is 0 Å². The van der Waals surface area contributed by atoms with Crippen LogP contribution in [0.5, 0.6) is 0 Å². The van der Waals surface area contributed by atoms with E-state index in [2.05, 4.69) is 160 Å². The summed E-state index contributed by atoms with van der Waals surface area (Å²) in [4.78, 5) is 0. The van der Waals surface area contributed by atoms with E-state index in [1.807, 2.05) is 0 Å². The van der Waals surface area contributed by atoms with E-state index < -0.39 is 5.41 Å². The first-order valence-corrected chi connectivity index (χ1v) is 15.4. The normalized spacial score (nSPS) is 17.6. The second-order valence-electron chi connectivity index (χ2n) is 13.1. The quantitative estimate of drug-likeness (QED) is 0.191. The average Bonchev–Trinajstić information content (AvgIpc) is 3.36. The molecule has 0 amide bonds. The number of aryl methyl sites for hydroxylation is 2. The lowest BCUT2D eigenvalue weighted by molar-refractivity contribution is 0.558. The molecule has 206 valence electrons. The van der Waals surface area contributed by atoms with Crippen LogP contribution < -0.4 is 0 Å². The highest BCUT2D eigenvalue weighted by atomic mass is 15.0. The molecule has 1 aromatic heterocycles. The largest absolute Gasteiger partial charge is 0.309 e. The number of fused-ring (bicyclic) bond motifs is 11. The Morgan fingerprint density at radius 3 is 1.93 bits per heavy atom. The van der Waals surface area contributed by atoms with Gasteiger partial charge in [-0.1, -0.05) is 140 Å². The number of hydrogen-bond acceptors (Lipinski definition) is 0. The van der Waals surface area contributed by atoms with Crippen molar-refractivity contribution < 1.29 is 0 Å². The van der Waals surface area contributed by atoms with Gasteiger partial charge < -0.3 is 4.57 Å². The summed E-state index contributed by atoms with van der Waals surface area (Å²) in [6, 6.07) is 48.3. The minimum Gasteiger partial charge on any atom is -0.309 e. The monoisotopic (exact) mass is 551 g/mol. The minimum absolute atomic E-state index is 0.196. The van der Waals surface area contributed by atoms with Gasteiger partial charge in [-0.2, -0.15) is 0 Å². The standard InChI is InChI=1S/C42H33N/c1-26-23-27(2)25-28(24-26)29-14-11-19-35-39(29)41(3,4)32-16-6-7-17-33(32)42(35)34-18-8-10-22-38(34)43-37-21-9-5-13-30(37)31-15-12-20-36(42)40(31)43/h5-25H,1-4H3. The van der Waals surface area contributed by atoms with Crippen molar-refractivity contribution in [1.29, 1.82) is 0 Å². The van der Waals surface area contributed by atoms with Gasteiger partial charge >= 0.3 is 0 Å². The third-order valence-corrected chi connectivity index (χ3v) is 10.3. The predicted octanol–water partition coefficient (Wildman–Crippen LogP) is 10.4. The molecule has 0 fully saturated rings. The molecule has 2 heterocycles. The molecule has 9 rings (SSSR count). The zero-order chi connectivity index (χ0) is 29.1. The van der Waals surface area contributed by atoms with E-state index in [1.165, 1.54) is 83.1 Å². The van der Waals surface area contributed by atoms with Crippen LogP contribution in [-0.2, 0) is 10.8 Å². The van der Waals surface area contributed by atoms with E-state index in [0.717, 1.165) is 0 Å². The van der Waals surface area contributed by atoms with Crippen molar-refractivity contribution in [3.8, 4) is 16.8 Å². The molecule has 1 nitrogen and oxygen atoms in total. The van der Waals surface area contributed by atoms with Gasteiger partial charge in [0.2, 0.25) is 0 Å². The van der Waals surface area contributed by atoms with Gasteiger partial charge in [0.15, 0.2) is 0 Å². The molecule has 7 aromatic rings. The van der Waals surface area contributed by atoms with Crippen molar-refractivity contribution in [2.24, 2.45) is 0 Å². The zero-order valence-corrected chi connectivity index (χ0v) is 25.1. The maximum absolute atomic E-state index is 2.52. The Morgan fingerprint density at radius 1 is 0.512 bits per heavy atom. The molecule has 43 heavy (non-hydrogen) atoms. The van der Waals surface area contributed by atoms with Gasteiger partial charge in [-0.05, 0) is 70.5 Å². The number of nitrogens with zero attached hydrogens (tertiary/aromatic N) is 1. The summed E-state index contributed by atoms with van der Waals surface area (Å²) in [7, 11) is 0. The molecule has 1 aliphatic carbocycles. The third kappa shape index (κ3) is 2.97. The van der Waals surface area contributed by atoms with Crippen molar-refractivity contribution >= 4 is 21.8 Å². The Morgan fingerprint density at radius 2 is 1.12 bits per heavy atom. The molecule has 0 radical (unpaired) electrons. The highest BCUT2D eigenvalue weighted by Crippen LogP contribution is 2.61. The molecule has 1 atom stereocenters. The molecule has 0 bridgehead atoms. The first-order chi connectivity index (χ1) is 20.9. The zero-order valence-electron chi connectivity index (χ0n) is 25.1. The molecule has 2 aliphatic rings. The third-order valence-electron chi connectivity index (χ3n) is 10.3. The van der Waals surface area contributed by atoms with Crippen molar-refractivity contribution in [3.05, 3.63) is 172 Å². The van der Waals surface area contributed by atoms with Crippen molar-refractivity contribution in [2.75, 3.05) is 0 Å². The van der Waals surface area contributed by atoms with Crippen LogP contribution in [0, 0.1) is 13.8 Å². The lowest BCUT2D eigenvalue weighted by atomic mass is 9.52. The fourth-order valence-corrected chi connectivity index (χ4v) is 8.83. The Hall–Kier alpha value is -4.88. The summed E-state index contributed by atoms with van der Waals surface area (Å²) in [5.74, 6) is 0. The van der Waals surface area contributed by atoms with Crippen LogP contribution in [0.2, 0.25) is 0 Å². The summed E-state index contributed by atoms with van der Waals surface area (Å²) >= 11 is 0. The van der Waals surface area contributed by atoms with Gasteiger partial charge in [0.25, 0.3) is 0 Å². The fourth-order valence-electron chi connectivity index (χ4n) is 8.83. The van der Waals surface area contributed by atoms with Crippen LogP contribution in [0.25, 0.3) is 38.6 Å². The summed E-state index contributed by atoms with van der Waals surface area (Å²) in [5.41, 5.74) is 16.7. The number of aromatic nitrogens is 1. The highest BCUT2D eigenvalue weighted by molar-refractivity contribution is 6.12. The van der Waals surface area contributed by atoms with Gasteiger partial charge in [0, 0.05) is 16.2 Å². The first kappa shape index (κ1) is 24.7. The maximum Gasteiger partial charge on any atom is 0.0748 e. The lowest BCUT2D eigenvalue weighted by Gasteiger charge is -2.50. The minimum atomic E-state index is -0.462. The molecule has 1 spiro atoms. The van der Waals surface area contributed by atoms with Crippen molar-refractivity contribution in [3.63, 3.8) is 0 Å². The van der Waals surface area contributed by atoms with E-state index in [1.54, 1.807) is 0 Å².